The van der Waals surface area contributed by atoms with Gasteiger partial charge >= 0.3 is 0 Å². The predicted molar refractivity (Wildman–Crippen MR) is 126 cm³/mol. The third-order valence-electron chi connectivity index (χ3n) is 5.12. The molecule has 3 aromatic carbocycles. The number of pyridine rings is 1. The molecular weight excluding hydrogens is 442 g/mol. The summed E-state index contributed by atoms with van der Waals surface area (Å²) in [6, 6.07) is 22.2. The lowest BCUT2D eigenvalue weighted by molar-refractivity contribution is 0.0847. The van der Waals surface area contributed by atoms with Gasteiger partial charge in [0.15, 0.2) is 0 Å². The maximum atomic E-state index is 12.7. The van der Waals surface area contributed by atoms with E-state index in [4.69, 9.17) is 16.3 Å². The van der Waals surface area contributed by atoms with Crippen molar-refractivity contribution >= 4 is 34.3 Å². The fourth-order valence-electron chi connectivity index (χ4n) is 3.30. The number of benzene rings is 3. The highest BCUT2D eigenvalue weighted by atomic mass is 35.5. The summed E-state index contributed by atoms with van der Waals surface area (Å²) >= 11 is 5.86. The SMILES string of the molecule is Cn1c(=O)cc(C(=O)NNC(=O)c2ccc(COc3ccc(Cl)cc3)cc2)c2ccccc21. The summed E-state index contributed by atoms with van der Waals surface area (Å²) in [5, 5.41) is 1.24. The molecule has 0 saturated heterocycles. The number of hydrogen-bond acceptors (Lipinski definition) is 4. The number of aromatic nitrogens is 1. The first-order valence-corrected chi connectivity index (χ1v) is 10.5. The molecule has 0 aliphatic heterocycles. The van der Waals surface area contributed by atoms with Crippen molar-refractivity contribution in [1.29, 1.82) is 0 Å². The van der Waals surface area contributed by atoms with Gasteiger partial charge in [0.25, 0.3) is 17.4 Å². The summed E-state index contributed by atoms with van der Waals surface area (Å²) in [6.07, 6.45) is 0. The van der Waals surface area contributed by atoms with Crippen LogP contribution in [0.1, 0.15) is 26.3 Å². The van der Waals surface area contributed by atoms with Gasteiger partial charge in [0.1, 0.15) is 12.4 Å². The second-order valence-electron chi connectivity index (χ2n) is 7.32. The summed E-state index contributed by atoms with van der Waals surface area (Å²) in [4.78, 5) is 37.3. The van der Waals surface area contributed by atoms with E-state index in [0.717, 1.165) is 5.56 Å². The van der Waals surface area contributed by atoms with Crippen LogP contribution in [0, 0.1) is 0 Å². The Bertz CT molecular complexity index is 1380. The van der Waals surface area contributed by atoms with Crippen molar-refractivity contribution in [2.45, 2.75) is 6.61 Å². The Hall–Kier alpha value is -4.10. The van der Waals surface area contributed by atoms with Crippen molar-refractivity contribution in [1.82, 2.24) is 15.4 Å². The highest BCUT2D eigenvalue weighted by molar-refractivity contribution is 6.30. The summed E-state index contributed by atoms with van der Waals surface area (Å²) < 4.78 is 7.15. The van der Waals surface area contributed by atoms with Crippen molar-refractivity contribution in [3.05, 3.63) is 111 Å². The van der Waals surface area contributed by atoms with Gasteiger partial charge in [-0.25, -0.2) is 0 Å². The number of ether oxygens (including phenoxy) is 1. The van der Waals surface area contributed by atoms with E-state index >= 15 is 0 Å². The molecule has 0 aliphatic rings. The van der Waals surface area contributed by atoms with Gasteiger partial charge in [-0.3, -0.25) is 25.2 Å². The lowest BCUT2D eigenvalue weighted by atomic mass is 10.1. The highest BCUT2D eigenvalue weighted by Crippen LogP contribution is 2.18. The number of nitrogens with one attached hydrogen (secondary N) is 2. The van der Waals surface area contributed by atoms with E-state index in [1.54, 1.807) is 79.8 Å². The van der Waals surface area contributed by atoms with Crippen molar-refractivity contribution in [3.63, 3.8) is 0 Å². The molecule has 0 spiro atoms. The molecule has 0 aliphatic carbocycles. The number of aryl methyl sites for hydroxylation is 1. The molecule has 4 aromatic rings. The fourth-order valence-corrected chi connectivity index (χ4v) is 3.43. The molecule has 4 rings (SSSR count). The zero-order valence-electron chi connectivity index (χ0n) is 17.7. The van der Waals surface area contributed by atoms with Crippen LogP contribution in [0.3, 0.4) is 0 Å². The Kier molecular flexibility index (Phi) is 6.42. The third kappa shape index (κ3) is 5.05. The van der Waals surface area contributed by atoms with Crippen molar-refractivity contribution in [3.8, 4) is 5.75 Å². The zero-order chi connectivity index (χ0) is 23.4. The summed E-state index contributed by atoms with van der Waals surface area (Å²) in [6.45, 7) is 0.330. The average Bonchev–Trinajstić information content (AvgIpc) is 2.84. The monoisotopic (exact) mass is 461 g/mol. The van der Waals surface area contributed by atoms with Crippen LogP contribution in [0.25, 0.3) is 10.9 Å². The molecule has 2 N–H and O–H groups in total. The van der Waals surface area contributed by atoms with Crippen LogP contribution >= 0.6 is 11.6 Å². The molecule has 0 unspecified atom stereocenters. The van der Waals surface area contributed by atoms with E-state index in [-0.39, 0.29) is 11.1 Å². The first-order chi connectivity index (χ1) is 15.9. The Morgan fingerprint density at radius 1 is 0.909 bits per heavy atom. The van der Waals surface area contributed by atoms with Crippen LogP contribution in [0.15, 0.2) is 83.7 Å². The summed E-state index contributed by atoms with van der Waals surface area (Å²) in [7, 11) is 1.64. The molecule has 1 aromatic heterocycles. The second-order valence-corrected chi connectivity index (χ2v) is 7.76. The number of hydrazine groups is 1. The number of carbonyl (C=O) groups excluding carboxylic acids is 2. The zero-order valence-corrected chi connectivity index (χ0v) is 18.4. The van der Waals surface area contributed by atoms with E-state index in [1.165, 1.54) is 10.6 Å². The Labute approximate surface area is 194 Å². The van der Waals surface area contributed by atoms with Crippen molar-refractivity contribution in [2.75, 3.05) is 0 Å². The van der Waals surface area contributed by atoms with Gasteiger partial charge in [0, 0.05) is 29.1 Å². The summed E-state index contributed by atoms with van der Waals surface area (Å²) in [5.41, 5.74) is 6.49. The van der Waals surface area contributed by atoms with Gasteiger partial charge in [-0.15, -0.1) is 0 Å². The normalized spacial score (nSPS) is 10.6. The predicted octanol–water partition coefficient (Wildman–Crippen LogP) is 3.85. The van der Waals surface area contributed by atoms with Crippen LogP contribution in [0.5, 0.6) is 5.75 Å². The molecule has 33 heavy (non-hydrogen) atoms. The second kappa shape index (κ2) is 9.58. The quantitative estimate of drug-likeness (QED) is 0.442. The Morgan fingerprint density at radius 3 is 2.30 bits per heavy atom. The van der Waals surface area contributed by atoms with Crippen LogP contribution in [-0.2, 0) is 13.7 Å². The van der Waals surface area contributed by atoms with Gasteiger partial charge < -0.3 is 9.30 Å². The van der Waals surface area contributed by atoms with E-state index in [0.29, 0.717) is 33.8 Å². The number of rotatable bonds is 5. The van der Waals surface area contributed by atoms with Crippen LogP contribution in [0.4, 0.5) is 0 Å². The Morgan fingerprint density at radius 2 is 1.58 bits per heavy atom. The standard InChI is InChI=1S/C25H20ClN3O4/c1-29-22-5-3-2-4-20(22)21(14-23(29)30)25(32)28-27-24(31)17-8-6-16(7-9-17)15-33-19-12-10-18(26)11-13-19/h2-14H,15H2,1H3,(H,27,31)(H,28,32). The molecule has 0 radical (unpaired) electrons. The van der Waals surface area contributed by atoms with Crippen LogP contribution in [-0.4, -0.2) is 16.4 Å². The average molecular weight is 462 g/mol. The highest BCUT2D eigenvalue weighted by Gasteiger charge is 2.14. The number of para-hydroxylation sites is 1. The maximum absolute atomic E-state index is 12.7. The lowest BCUT2D eigenvalue weighted by Crippen LogP contribution is -2.42. The van der Waals surface area contributed by atoms with Gasteiger partial charge in [-0.2, -0.15) is 0 Å². The largest absolute Gasteiger partial charge is 0.489 e. The molecule has 7 nitrogen and oxygen atoms in total. The number of amides is 2. The van der Waals surface area contributed by atoms with Gasteiger partial charge in [-0.05, 0) is 48.0 Å². The first kappa shape index (κ1) is 22.1. The molecule has 0 saturated carbocycles. The number of fused-ring (bicyclic) bond motifs is 1. The molecule has 0 bridgehead atoms. The van der Waals surface area contributed by atoms with Gasteiger partial charge in [0.05, 0.1) is 11.1 Å². The number of halogens is 1. The van der Waals surface area contributed by atoms with Crippen molar-refractivity contribution < 1.29 is 14.3 Å². The number of carbonyl (C=O) groups is 2. The molecule has 2 amide bonds. The summed E-state index contributed by atoms with van der Waals surface area (Å²) in [5.74, 6) is -0.376. The number of hydrogen-bond donors (Lipinski definition) is 2. The Balaban J connectivity index is 1.38. The van der Waals surface area contributed by atoms with Crippen LogP contribution in [0.2, 0.25) is 5.02 Å². The van der Waals surface area contributed by atoms with Gasteiger partial charge in [-0.1, -0.05) is 41.9 Å². The topological polar surface area (TPSA) is 89.4 Å². The van der Waals surface area contributed by atoms with E-state index in [1.807, 2.05) is 0 Å². The van der Waals surface area contributed by atoms with E-state index < -0.39 is 11.8 Å². The molecule has 166 valence electrons. The van der Waals surface area contributed by atoms with Gasteiger partial charge in [0.2, 0.25) is 0 Å². The third-order valence-corrected chi connectivity index (χ3v) is 5.38. The number of nitrogens with zero attached hydrogens (tertiary/aromatic N) is 1. The minimum absolute atomic E-state index is 0.184. The smallest absolute Gasteiger partial charge is 0.270 e. The molecular formula is C25H20ClN3O4. The molecule has 1 heterocycles. The van der Waals surface area contributed by atoms with E-state index in [2.05, 4.69) is 10.9 Å². The maximum Gasteiger partial charge on any atom is 0.270 e. The lowest BCUT2D eigenvalue weighted by Gasteiger charge is -2.11. The molecule has 8 heteroatoms. The molecule has 0 fully saturated rings. The molecule has 0 atom stereocenters. The fraction of sp³-hybridized carbons (Fsp3) is 0.0800. The van der Waals surface area contributed by atoms with Crippen molar-refractivity contribution in [2.24, 2.45) is 7.05 Å². The minimum Gasteiger partial charge on any atom is -0.489 e. The minimum atomic E-state index is -0.578. The van der Waals surface area contributed by atoms with E-state index in [9.17, 15) is 14.4 Å². The first-order valence-electron chi connectivity index (χ1n) is 10.1. The van der Waals surface area contributed by atoms with Crippen LogP contribution < -0.4 is 21.1 Å².